The molecule has 210 valence electrons. The minimum absolute atomic E-state index is 0.210. The number of likely N-dealkylation sites (N-methyl/N-ethyl adjacent to an activating group) is 1. The lowest BCUT2D eigenvalue weighted by Gasteiger charge is -2.41. The molecule has 0 saturated carbocycles. The Kier molecular flexibility index (Phi) is 8.92. The lowest BCUT2D eigenvalue weighted by molar-refractivity contribution is -0.0739. The number of piperidine rings is 1. The van der Waals surface area contributed by atoms with Crippen molar-refractivity contribution < 1.29 is 19.1 Å². The van der Waals surface area contributed by atoms with Gasteiger partial charge < -0.3 is 24.4 Å². The molecule has 3 aromatic rings. The number of likely N-dealkylation sites (tertiary alicyclic amines) is 1. The SMILES string of the molecule is CNCC(O)COc1cccc(-c2nc(CCC3CCN(C4COC4)CC3)c(C)c(-c3c(C)noc3C)n2)c1. The monoisotopic (exact) mass is 535 g/mol. The van der Waals surface area contributed by atoms with Gasteiger partial charge in [-0.25, -0.2) is 9.97 Å². The summed E-state index contributed by atoms with van der Waals surface area (Å²) in [4.78, 5) is 12.7. The molecule has 2 aliphatic heterocycles. The van der Waals surface area contributed by atoms with E-state index in [0.29, 0.717) is 30.1 Å². The predicted octanol–water partition coefficient (Wildman–Crippen LogP) is 3.73. The number of aliphatic hydroxyl groups is 1. The van der Waals surface area contributed by atoms with Crippen LogP contribution in [0.15, 0.2) is 28.8 Å². The van der Waals surface area contributed by atoms with Gasteiger partial charge in [0.15, 0.2) is 5.82 Å². The molecule has 4 heterocycles. The summed E-state index contributed by atoms with van der Waals surface area (Å²) in [5.41, 5.74) is 5.67. The van der Waals surface area contributed by atoms with Crippen molar-refractivity contribution in [2.45, 2.75) is 58.6 Å². The number of aliphatic hydroxyl groups excluding tert-OH is 1. The third kappa shape index (κ3) is 6.49. The molecule has 9 nitrogen and oxygen atoms in total. The number of benzene rings is 1. The van der Waals surface area contributed by atoms with Crippen LogP contribution in [0, 0.1) is 26.7 Å². The highest BCUT2D eigenvalue weighted by Gasteiger charge is 2.30. The number of aromatic nitrogens is 3. The van der Waals surface area contributed by atoms with Crippen LogP contribution in [-0.2, 0) is 11.2 Å². The number of nitrogens with one attached hydrogen (secondary N) is 1. The molecule has 5 rings (SSSR count). The van der Waals surface area contributed by atoms with Crippen LogP contribution in [0.4, 0.5) is 0 Å². The molecule has 0 amide bonds. The molecular weight excluding hydrogens is 494 g/mol. The number of hydrogen-bond donors (Lipinski definition) is 2. The van der Waals surface area contributed by atoms with Crippen LogP contribution in [0.2, 0.25) is 0 Å². The fourth-order valence-corrected chi connectivity index (χ4v) is 5.59. The molecule has 2 N–H and O–H groups in total. The van der Waals surface area contributed by atoms with E-state index in [9.17, 15) is 5.11 Å². The summed E-state index contributed by atoms with van der Waals surface area (Å²) >= 11 is 0. The molecule has 9 heteroatoms. The fourth-order valence-electron chi connectivity index (χ4n) is 5.59. The van der Waals surface area contributed by atoms with Crippen LogP contribution in [0.5, 0.6) is 5.75 Å². The van der Waals surface area contributed by atoms with Gasteiger partial charge in [0, 0.05) is 17.8 Å². The molecule has 39 heavy (non-hydrogen) atoms. The minimum Gasteiger partial charge on any atom is -0.491 e. The lowest BCUT2D eigenvalue weighted by Crippen LogP contribution is -2.51. The number of nitrogens with zero attached hydrogens (tertiary/aromatic N) is 4. The first kappa shape index (κ1) is 27.7. The summed E-state index contributed by atoms with van der Waals surface area (Å²) in [6.45, 7) is 10.8. The van der Waals surface area contributed by atoms with Gasteiger partial charge in [-0.2, -0.15) is 0 Å². The summed E-state index contributed by atoms with van der Waals surface area (Å²) < 4.78 is 16.8. The second kappa shape index (κ2) is 12.6. The van der Waals surface area contributed by atoms with Crippen LogP contribution in [0.25, 0.3) is 22.6 Å². The maximum absolute atomic E-state index is 10.0. The van der Waals surface area contributed by atoms with E-state index in [1.54, 1.807) is 7.05 Å². The van der Waals surface area contributed by atoms with E-state index in [4.69, 9.17) is 24.0 Å². The summed E-state index contributed by atoms with van der Waals surface area (Å²) in [5.74, 6) is 2.79. The van der Waals surface area contributed by atoms with Gasteiger partial charge in [0.25, 0.3) is 0 Å². The number of aryl methyl sites for hydroxylation is 3. The van der Waals surface area contributed by atoms with Crippen LogP contribution >= 0.6 is 0 Å². The Hall–Kier alpha value is -2.85. The fraction of sp³-hybridized carbons (Fsp3) is 0.567. The molecule has 0 bridgehead atoms. The molecular formula is C30H41N5O4. The molecule has 2 aliphatic rings. The summed E-state index contributed by atoms with van der Waals surface area (Å²) in [6, 6.07) is 8.40. The zero-order chi connectivity index (χ0) is 27.4. The van der Waals surface area contributed by atoms with Crippen molar-refractivity contribution in [2.75, 3.05) is 46.5 Å². The van der Waals surface area contributed by atoms with Gasteiger partial charge in [-0.1, -0.05) is 17.3 Å². The molecule has 0 aliphatic carbocycles. The maximum Gasteiger partial charge on any atom is 0.160 e. The van der Waals surface area contributed by atoms with Gasteiger partial charge in [-0.15, -0.1) is 0 Å². The van der Waals surface area contributed by atoms with Crippen LogP contribution in [-0.4, -0.2) is 83.8 Å². The normalized spacial score (nSPS) is 17.8. The Morgan fingerprint density at radius 3 is 2.62 bits per heavy atom. The van der Waals surface area contributed by atoms with Gasteiger partial charge in [0.1, 0.15) is 24.2 Å². The van der Waals surface area contributed by atoms with Crippen molar-refractivity contribution in [1.82, 2.24) is 25.3 Å². The van der Waals surface area contributed by atoms with E-state index in [1.807, 2.05) is 38.1 Å². The highest BCUT2D eigenvalue weighted by atomic mass is 16.5. The second-order valence-corrected chi connectivity index (χ2v) is 10.9. The molecule has 2 saturated heterocycles. The van der Waals surface area contributed by atoms with Gasteiger partial charge in [0.05, 0.1) is 36.2 Å². The van der Waals surface area contributed by atoms with Gasteiger partial charge in [0.2, 0.25) is 0 Å². The molecule has 0 radical (unpaired) electrons. The van der Waals surface area contributed by atoms with Gasteiger partial charge in [-0.05, 0) is 90.2 Å². The van der Waals surface area contributed by atoms with E-state index in [2.05, 4.69) is 22.3 Å². The Morgan fingerprint density at radius 2 is 1.95 bits per heavy atom. The van der Waals surface area contributed by atoms with Crippen molar-refractivity contribution in [3.05, 3.63) is 47.0 Å². The molecule has 1 aromatic carbocycles. The molecule has 1 unspecified atom stereocenters. The highest BCUT2D eigenvalue weighted by Crippen LogP contribution is 2.33. The lowest BCUT2D eigenvalue weighted by atomic mass is 9.89. The van der Waals surface area contributed by atoms with Crippen molar-refractivity contribution in [3.8, 4) is 28.4 Å². The Morgan fingerprint density at radius 1 is 1.15 bits per heavy atom. The van der Waals surface area contributed by atoms with E-state index in [-0.39, 0.29) is 6.61 Å². The molecule has 2 aromatic heterocycles. The minimum atomic E-state index is -0.582. The first-order valence-corrected chi connectivity index (χ1v) is 14.1. The number of ether oxygens (including phenoxy) is 2. The summed E-state index contributed by atoms with van der Waals surface area (Å²) in [6.07, 6.45) is 3.88. The van der Waals surface area contributed by atoms with E-state index in [1.165, 1.54) is 12.8 Å². The zero-order valence-corrected chi connectivity index (χ0v) is 23.6. The summed E-state index contributed by atoms with van der Waals surface area (Å²) in [5, 5.41) is 17.2. The Balaban J connectivity index is 1.38. The van der Waals surface area contributed by atoms with E-state index in [0.717, 1.165) is 78.7 Å². The first-order valence-electron chi connectivity index (χ1n) is 14.1. The van der Waals surface area contributed by atoms with Crippen molar-refractivity contribution >= 4 is 0 Å². The van der Waals surface area contributed by atoms with Gasteiger partial charge in [-0.3, -0.25) is 4.90 Å². The highest BCUT2D eigenvalue weighted by molar-refractivity contribution is 5.70. The number of hydrogen-bond acceptors (Lipinski definition) is 9. The second-order valence-electron chi connectivity index (χ2n) is 10.9. The topological polar surface area (TPSA) is 106 Å². The Bertz CT molecular complexity index is 1230. The van der Waals surface area contributed by atoms with Crippen molar-refractivity contribution in [3.63, 3.8) is 0 Å². The summed E-state index contributed by atoms with van der Waals surface area (Å²) in [7, 11) is 1.81. The van der Waals surface area contributed by atoms with Gasteiger partial charge >= 0.3 is 0 Å². The van der Waals surface area contributed by atoms with E-state index >= 15 is 0 Å². The third-order valence-corrected chi connectivity index (χ3v) is 8.07. The van der Waals surface area contributed by atoms with Crippen molar-refractivity contribution in [1.29, 1.82) is 0 Å². The zero-order valence-electron chi connectivity index (χ0n) is 23.6. The van der Waals surface area contributed by atoms with E-state index < -0.39 is 6.10 Å². The maximum atomic E-state index is 10.0. The quantitative estimate of drug-likeness (QED) is 0.380. The molecule has 0 spiro atoms. The predicted molar refractivity (Wildman–Crippen MR) is 150 cm³/mol. The Labute approximate surface area is 230 Å². The third-order valence-electron chi connectivity index (χ3n) is 8.07. The average Bonchev–Trinajstić information content (AvgIpc) is 3.24. The van der Waals surface area contributed by atoms with Crippen LogP contribution < -0.4 is 10.1 Å². The number of rotatable bonds is 11. The average molecular weight is 536 g/mol. The molecule has 2 fully saturated rings. The molecule has 1 atom stereocenters. The van der Waals surface area contributed by atoms with Crippen molar-refractivity contribution in [2.24, 2.45) is 5.92 Å². The standard InChI is InChI=1S/C30H41N5O4/c1-19-27(9-8-22-10-12-35(13-11-22)24-16-37-17-24)32-30(33-29(19)28-20(2)34-39-21(28)3)23-6-5-7-26(14-23)38-18-25(36)15-31-4/h5-7,14,22,24-25,31,36H,8-13,15-18H2,1-4H3. The van der Waals surface area contributed by atoms with Crippen LogP contribution in [0.1, 0.15) is 42.0 Å². The smallest absolute Gasteiger partial charge is 0.160 e. The largest absolute Gasteiger partial charge is 0.491 e. The first-order chi connectivity index (χ1) is 18.9. The van der Waals surface area contributed by atoms with Crippen LogP contribution in [0.3, 0.4) is 0 Å².